The Bertz CT molecular complexity index is 1340. The van der Waals surface area contributed by atoms with Crippen LogP contribution in [-0.2, 0) is 9.53 Å². The first-order valence-electron chi connectivity index (χ1n) is 9.09. The fourth-order valence-corrected chi connectivity index (χ4v) is 5.77. The van der Waals surface area contributed by atoms with Crippen molar-refractivity contribution in [2.75, 3.05) is 6.61 Å². The Hall–Kier alpha value is -2.36. The third kappa shape index (κ3) is 3.84. The van der Waals surface area contributed by atoms with Crippen LogP contribution in [0.4, 0.5) is 4.39 Å². The Morgan fingerprint density at radius 3 is 2.63 bits per heavy atom. The molecular weight excluding hydrogens is 491 g/mol. The van der Waals surface area contributed by atoms with Gasteiger partial charge in [-0.05, 0) is 65.7 Å². The number of allylic oxidation sites excluding steroid dienone is 1. The average molecular weight is 507 g/mol. The molecule has 1 aliphatic heterocycles. The standard InChI is InChI=1S/C21H16BrFN2O3S2/c1-3-28-20(27)17-11(2)24-21-25(18(17)12-4-6-13(23)7-5-12)19(26)15(30-21)10-14-8-9-16(22)29-14/h4-10,18H,3H2,1-2H3/b15-10+/t18-/m1/s1. The van der Waals surface area contributed by atoms with Crippen LogP contribution >= 0.6 is 38.6 Å². The first-order valence-corrected chi connectivity index (χ1v) is 11.5. The highest BCUT2D eigenvalue weighted by atomic mass is 79.9. The zero-order valence-corrected chi connectivity index (χ0v) is 19.2. The third-order valence-corrected chi connectivity index (χ3v) is 7.12. The Morgan fingerprint density at radius 2 is 2.00 bits per heavy atom. The van der Waals surface area contributed by atoms with Gasteiger partial charge in [-0.2, -0.15) is 0 Å². The highest BCUT2D eigenvalue weighted by Crippen LogP contribution is 2.30. The minimum Gasteiger partial charge on any atom is -0.463 e. The summed E-state index contributed by atoms with van der Waals surface area (Å²) in [6.45, 7) is 3.63. The minimum absolute atomic E-state index is 0.198. The second kappa shape index (κ2) is 8.41. The molecule has 1 aliphatic rings. The summed E-state index contributed by atoms with van der Waals surface area (Å²) in [5.74, 6) is -0.933. The van der Waals surface area contributed by atoms with Gasteiger partial charge in [-0.25, -0.2) is 14.2 Å². The Labute approximate surface area is 187 Å². The lowest BCUT2D eigenvalue weighted by Crippen LogP contribution is -2.39. The number of nitrogens with zero attached hydrogens (tertiary/aromatic N) is 2. The van der Waals surface area contributed by atoms with Gasteiger partial charge >= 0.3 is 5.97 Å². The highest BCUT2D eigenvalue weighted by Gasteiger charge is 2.33. The maximum Gasteiger partial charge on any atom is 0.338 e. The lowest BCUT2D eigenvalue weighted by molar-refractivity contribution is -0.139. The number of benzene rings is 1. The third-order valence-electron chi connectivity index (χ3n) is 4.57. The number of fused-ring (bicyclic) bond motifs is 1. The van der Waals surface area contributed by atoms with Crippen molar-refractivity contribution in [1.29, 1.82) is 0 Å². The van der Waals surface area contributed by atoms with Crippen LogP contribution in [0.3, 0.4) is 0 Å². The lowest BCUT2D eigenvalue weighted by Gasteiger charge is -2.24. The van der Waals surface area contributed by atoms with Crippen LogP contribution in [0.5, 0.6) is 0 Å². The molecule has 0 bridgehead atoms. The van der Waals surface area contributed by atoms with Gasteiger partial charge in [-0.15, -0.1) is 11.3 Å². The van der Waals surface area contributed by atoms with Crippen LogP contribution in [0.1, 0.15) is 30.3 Å². The summed E-state index contributed by atoms with van der Waals surface area (Å²) < 4.78 is 21.7. The number of carbonyl (C=O) groups is 1. The molecule has 0 N–H and O–H groups in total. The van der Waals surface area contributed by atoms with Gasteiger partial charge in [0.2, 0.25) is 0 Å². The van der Waals surface area contributed by atoms with Crippen molar-refractivity contribution in [3.8, 4) is 0 Å². The van der Waals surface area contributed by atoms with E-state index in [1.54, 1.807) is 26.0 Å². The molecule has 1 aromatic carbocycles. The molecule has 2 aromatic heterocycles. The number of hydrogen-bond donors (Lipinski definition) is 0. The fraction of sp³-hybridized carbons (Fsp3) is 0.190. The number of thiophene rings is 1. The first kappa shape index (κ1) is 20.9. The van der Waals surface area contributed by atoms with Crippen molar-refractivity contribution >= 4 is 50.6 Å². The summed E-state index contributed by atoms with van der Waals surface area (Å²) in [4.78, 5) is 32.0. The quantitative estimate of drug-likeness (QED) is 0.506. The summed E-state index contributed by atoms with van der Waals surface area (Å²) in [7, 11) is 0. The van der Waals surface area contributed by atoms with Crippen LogP contribution in [-0.4, -0.2) is 17.1 Å². The molecule has 5 nitrogen and oxygen atoms in total. The van der Waals surface area contributed by atoms with Crippen LogP contribution in [0.2, 0.25) is 0 Å². The zero-order valence-electron chi connectivity index (χ0n) is 16.0. The van der Waals surface area contributed by atoms with Gasteiger partial charge in [0.1, 0.15) is 5.82 Å². The predicted molar refractivity (Wildman–Crippen MR) is 119 cm³/mol. The van der Waals surface area contributed by atoms with Gasteiger partial charge in [0.25, 0.3) is 5.56 Å². The van der Waals surface area contributed by atoms with Crippen molar-refractivity contribution < 1.29 is 13.9 Å². The maximum atomic E-state index is 13.5. The number of carbonyl (C=O) groups excluding carboxylic acids is 1. The van der Waals surface area contributed by atoms with Crippen molar-refractivity contribution in [1.82, 2.24) is 4.57 Å². The van der Waals surface area contributed by atoms with Crippen LogP contribution in [0.15, 0.2) is 61.2 Å². The van der Waals surface area contributed by atoms with Crippen LogP contribution in [0.25, 0.3) is 6.08 Å². The first-order chi connectivity index (χ1) is 14.4. The number of halogens is 2. The van der Waals surface area contributed by atoms with E-state index in [1.165, 1.54) is 39.4 Å². The fourth-order valence-electron chi connectivity index (χ4n) is 3.29. The Balaban J connectivity index is 1.96. The molecular formula is C21H16BrFN2O3S2. The second-order valence-corrected chi connectivity index (χ2v) is 10.00. The molecule has 9 heteroatoms. The van der Waals surface area contributed by atoms with Crippen molar-refractivity contribution in [2.45, 2.75) is 19.9 Å². The van der Waals surface area contributed by atoms with E-state index in [0.29, 0.717) is 20.6 Å². The SMILES string of the molecule is CCOC(=O)C1=C(C)N=c2s/c(=C/c3ccc(Br)s3)c(=O)n2[C@@H]1c1ccc(F)cc1. The molecule has 0 aliphatic carbocycles. The second-order valence-electron chi connectivity index (χ2n) is 6.50. The topological polar surface area (TPSA) is 60.7 Å². The average Bonchev–Trinajstić information content (AvgIpc) is 3.24. The van der Waals surface area contributed by atoms with E-state index in [9.17, 15) is 14.0 Å². The van der Waals surface area contributed by atoms with Gasteiger partial charge in [-0.3, -0.25) is 9.36 Å². The normalized spacial score (nSPS) is 16.4. The number of rotatable bonds is 4. The van der Waals surface area contributed by atoms with E-state index >= 15 is 0 Å². The summed E-state index contributed by atoms with van der Waals surface area (Å²) in [6.07, 6.45) is 1.81. The summed E-state index contributed by atoms with van der Waals surface area (Å²) in [5.41, 5.74) is 1.11. The lowest BCUT2D eigenvalue weighted by atomic mass is 9.96. The smallest absolute Gasteiger partial charge is 0.338 e. The highest BCUT2D eigenvalue weighted by molar-refractivity contribution is 9.11. The molecule has 0 amide bonds. The molecule has 0 unspecified atom stereocenters. The van der Waals surface area contributed by atoms with Gasteiger partial charge in [-0.1, -0.05) is 23.5 Å². The largest absolute Gasteiger partial charge is 0.463 e. The van der Waals surface area contributed by atoms with Gasteiger partial charge in [0.15, 0.2) is 4.80 Å². The number of ether oxygens (including phenoxy) is 1. The molecule has 4 rings (SSSR count). The molecule has 0 fully saturated rings. The predicted octanol–water partition coefficient (Wildman–Crippen LogP) is 3.76. The van der Waals surface area contributed by atoms with E-state index in [-0.39, 0.29) is 17.7 Å². The summed E-state index contributed by atoms with van der Waals surface area (Å²) in [6, 6.07) is 8.87. The van der Waals surface area contributed by atoms with E-state index in [4.69, 9.17) is 4.74 Å². The summed E-state index contributed by atoms with van der Waals surface area (Å²) in [5, 5.41) is 0. The Kier molecular flexibility index (Phi) is 5.86. The molecule has 1 atom stereocenters. The monoisotopic (exact) mass is 506 g/mol. The maximum absolute atomic E-state index is 13.5. The van der Waals surface area contributed by atoms with Gasteiger partial charge in [0, 0.05) is 4.88 Å². The molecule has 0 saturated carbocycles. The van der Waals surface area contributed by atoms with Crippen molar-refractivity contribution in [3.05, 3.63) is 87.4 Å². The number of aromatic nitrogens is 1. The molecule has 0 saturated heterocycles. The zero-order chi connectivity index (χ0) is 21.4. The molecule has 0 radical (unpaired) electrons. The number of esters is 1. The van der Waals surface area contributed by atoms with Crippen LogP contribution in [0, 0.1) is 5.82 Å². The van der Waals surface area contributed by atoms with Gasteiger partial charge < -0.3 is 4.74 Å². The van der Waals surface area contributed by atoms with E-state index < -0.39 is 17.8 Å². The number of hydrogen-bond acceptors (Lipinski definition) is 6. The van der Waals surface area contributed by atoms with Gasteiger partial charge in [0.05, 0.1) is 32.2 Å². The van der Waals surface area contributed by atoms with E-state index in [0.717, 1.165) is 8.66 Å². The molecule has 154 valence electrons. The van der Waals surface area contributed by atoms with E-state index in [1.807, 2.05) is 18.2 Å². The molecule has 3 heterocycles. The molecule has 3 aromatic rings. The number of thiazole rings is 1. The minimum atomic E-state index is -0.738. The summed E-state index contributed by atoms with van der Waals surface area (Å²) >= 11 is 6.19. The Morgan fingerprint density at radius 1 is 1.27 bits per heavy atom. The van der Waals surface area contributed by atoms with Crippen molar-refractivity contribution in [2.24, 2.45) is 4.99 Å². The van der Waals surface area contributed by atoms with Crippen LogP contribution < -0.4 is 14.9 Å². The molecule has 0 spiro atoms. The van der Waals surface area contributed by atoms with E-state index in [2.05, 4.69) is 20.9 Å². The van der Waals surface area contributed by atoms with Crippen molar-refractivity contribution in [3.63, 3.8) is 0 Å². The molecule has 30 heavy (non-hydrogen) atoms.